The second-order valence-electron chi connectivity index (χ2n) is 5.99. The van der Waals surface area contributed by atoms with Gasteiger partial charge in [0.15, 0.2) is 0 Å². The molecule has 1 N–H and O–H groups in total. The number of nitrogens with zero attached hydrogens (tertiary/aromatic N) is 1. The summed E-state index contributed by atoms with van der Waals surface area (Å²) in [6, 6.07) is 13.1. The van der Waals surface area contributed by atoms with Crippen LogP contribution in [0.5, 0.6) is 0 Å². The third-order valence-electron chi connectivity index (χ3n) is 4.51. The highest BCUT2D eigenvalue weighted by molar-refractivity contribution is 6.53. The maximum Gasteiger partial charge on any atom is 0.283 e. The molecule has 1 aliphatic rings. The minimum atomic E-state index is -0.500. The molecule has 25 heavy (non-hydrogen) atoms. The summed E-state index contributed by atoms with van der Waals surface area (Å²) < 4.78 is 0. The van der Waals surface area contributed by atoms with Crippen molar-refractivity contribution in [1.82, 2.24) is 0 Å². The molecule has 3 rings (SSSR count). The lowest BCUT2D eigenvalue weighted by molar-refractivity contribution is -0.120. The van der Waals surface area contributed by atoms with E-state index in [4.69, 9.17) is 11.6 Å². The normalized spacial score (nSPS) is 14.5. The van der Waals surface area contributed by atoms with Crippen molar-refractivity contribution in [2.24, 2.45) is 0 Å². The van der Waals surface area contributed by atoms with Crippen LogP contribution in [-0.4, -0.2) is 11.8 Å². The lowest BCUT2D eigenvalue weighted by atomic mass is 10.1. The van der Waals surface area contributed by atoms with Gasteiger partial charge < -0.3 is 5.32 Å². The van der Waals surface area contributed by atoms with Crippen molar-refractivity contribution < 1.29 is 9.59 Å². The predicted octanol–water partition coefficient (Wildman–Crippen LogP) is 4.30. The van der Waals surface area contributed by atoms with E-state index in [0.29, 0.717) is 12.1 Å². The molecule has 2 aromatic rings. The Bertz CT molecular complexity index is 902. The number of hydrogen-bond donors (Lipinski definition) is 1. The van der Waals surface area contributed by atoms with Gasteiger partial charge in [0.05, 0.1) is 5.69 Å². The molecule has 0 unspecified atom stereocenters. The van der Waals surface area contributed by atoms with Gasteiger partial charge in [-0.2, -0.15) is 0 Å². The number of benzene rings is 2. The van der Waals surface area contributed by atoms with Gasteiger partial charge in [0.1, 0.15) is 10.7 Å². The fourth-order valence-electron chi connectivity index (χ4n) is 2.88. The maximum absolute atomic E-state index is 12.9. The SMILES string of the molecule is CCc1ccccc1N1C(=O)C(Cl)=C(Nc2cccc(C)c2C)C1=O. The Balaban J connectivity index is 1.99. The van der Waals surface area contributed by atoms with Gasteiger partial charge in [-0.25, -0.2) is 4.90 Å². The second kappa shape index (κ2) is 6.73. The van der Waals surface area contributed by atoms with Crippen LogP contribution in [0.25, 0.3) is 0 Å². The summed E-state index contributed by atoms with van der Waals surface area (Å²) in [6.07, 6.45) is 0.713. The first-order chi connectivity index (χ1) is 12.0. The number of para-hydroxylation sites is 1. The molecule has 5 heteroatoms. The molecule has 0 radical (unpaired) electrons. The number of amides is 2. The standard InChI is InChI=1S/C20H19ClN2O2/c1-4-14-9-5-6-11-16(14)23-19(24)17(21)18(20(23)25)22-15-10-7-8-12(2)13(15)3/h5-11,22H,4H2,1-3H3. The zero-order valence-electron chi connectivity index (χ0n) is 14.4. The van der Waals surface area contributed by atoms with E-state index in [1.54, 1.807) is 12.1 Å². The number of imide groups is 1. The average Bonchev–Trinajstić information content (AvgIpc) is 2.82. The molecule has 0 fully saturated rings. The van der Waals surface area contributed by atoms with Gasteiger partial charge in [-0.1, -0.05) is 48.9 Å². The van der Waals surface area contributed by atoms with E-state index in [2.05, 4.69) is 5.32 Å². The van der Waals surface area contributed by atoms with E-state index in [1.165, 1.54) is 0 Å². The summed E-state index contributed by atoms with van der Waals surface area (Å²) in [5.41, 5.74) is 4.47. The fraction of sp³-hybridized carbons (Fsp3) is 0.200. The highest BCUT2D eigenvalue weighted by atomic mass is 35.5. The van der Waals surface area contributed by atoms with Crippen LogP contribution in [-0.2, 0) is 16.0 Å². The Morgan fingerprint density at radius 3 is 2.44 bits per heavy atom. The molecular weight excluding hydrogens is 336 g/mol. The lowest BCUT2D eigenvalue weighted by Crippen LogP contribution is -2.33. The number of hydrogen-bond acceptors (Lipinski definition) is 3. The van der Waals surface area contributed by atoms with Crippen molar-refractivity contribution in [1.29, 1.82) is 0 Å². The third kappa shape index (κ3) is 2.94. The van der Waals surface area contributed by atoms with Gasteiger partial charge >= 0.3 is 0 Å². The van der Waals surface area contributed by atoms with Gasteiger partial charge in [-0.15, -0.1) is 0 Å². The van der Waals surface area contributed by atoms with Crippen molar-refractivity contribution in [2.75, 3.05) is 10.2 Å². The zero-order valence-corrected chi connectivity index (χ0v) is 15.1. The quantitative estimate of drug-likeness (QED) is 0.833. The van der Waals surface area contributed by atoms with E-state index in [1.807, 2.05) is 51.1 Å². The number of carbonyl (C=O) groups is 2. The van der Waals surface area contributed by atoms with Crippen LogP contribution in [0.4, 0.5) is 11.4 Å². The molecule has 0 spiro atoms. The zero-order chi connectivity index (χ0) is 18.1. The smallest absolute Gasteiger partial charge is 0.283 e. The molecule has 4 nitrogen and oxygen atoms in total. The number of carbonyl (C=O) groups excluding carboxylic acids is 2. The molecule has 0 saturated heterocycles. The summed E-state index contributed by atoms with van der Waals surface area (Å²) in [5.74, 6) is -0.933. The predicted molar refractivity (Wildman–Crippen MR) is 101 cm³/mol. The van der Waals surface area contributed by atoms with Crippen molar-refractivity contribution in [3.8, 4) is 0 Å². The Morgan fingerprint density at radius 1 is 1.00 bits per heavy atom. The molecule has 2 amide bonds. The van der Waals surface area contributed by atoms with Crippen LogP contribution in [0.2, 0.25) is 0 Å². The number of halogens is 1. The average molecular weight is 355 g/mol. The van der Waals surface area contributed by atoms with Gasteiger partial charge in [0, 0.05) is 5.69 Å². The number of anilines is 2. The fourth-order valence-corrected chi connectivity index (χ4v) is 3.09. The summed E-state index contributed by atoms with van der Waals surface area (Å²) >= 11 is 6.21. The first-order valence-corrected chi connectivity index (χ1v) is 8.53. The van der Waals surface area contributed by atoms with E-state index >= 15 is 0 Å². The van der Waals surface area contributed by atoms with E-state index < -0.39 is 11.8 Å². The Kier molecular flexibility index (Phi) is 4.64. The van der Waals surface area contributed by atoms with Gasteiger partial charge in [-0.3, -0.25) is 9.59 Å². The molecule has 0 atom stereocenters. The molecule has 0 aromatic heterocycles. The summed E-state index contributed by atoms with van der Waals surface area (Å²) in [7, 11) is 0. The molecular formula is C20H19ClN2O2. The van der Waals surface area contributed by atoms with Crippen LogP contribution in [0.1, 0.15) is 23.6 Å². The van der Waals surface area contributed by atoms with Gasteiger partial charge in [0.2, 0.25) is 0 Å². The van der Waals surface area contributed by atoms with Gasteiger partial charge in [0.25, 0.3) is 11.8 Å². The summed E-state index contributed by atoms with van der Waals surface area (Å²) in [6.45, 7) is 5.92. The van der Waals surface area contributed by atoms with Crippen LogP contribution in [0.15, 0.2) is 53.2 Å². The highest BCUT2D eigenvalue weighted by Gasteiger charge is 2.39. The first-order valence-electron chi connectivity index (χ1n) is 8.15. The van der Waals surface area contributed by atoms with Crippen molar-refractivity contribution in [2.45, 2.75) is 27.2 Å². The molecule has 0 aliphatic carbocycles. The van der Waals surface area contributed by atoms with Gasteiger partial charge in [-0.05, 0) is 49.1 Å². The van der Waals surface area contributed by atoms with Crippen molar-refractivity contribution in [3.05, 3.63) is 69.9 Å². The molecule has 1 aliphatic heterocycles. The molecule has 0 bridgehead atoms. The number of rotatable bonds is 4. The monoisotopic (exact) mass is 354 g/mol. The summed E-state index contributed by atoms with van der Waals surface area (Å²) in [4.78, 5) is 26.7. The molecule has 2 aromatic carbocycles. The van der Waals surface area contributed by atoms with Crippen LogP contribution < -0.4 is 10.2 Å². The van der Waals surface area contributed by atoms with Crippen LogP contribution in [0.3, 0.4) is 0 Å². The number of aryl methyl sites for hydroxylation is 2. The third-order valence-corrected chi connectivity index (χ3v) is 4.86. The minimum Gasteiger partial charge on any atom is -0.349 e. The van der Waals surface area contributed by atoms with E-state index in [-0.39, 0.29) is 10.7 Å². The number of nitrogens with one attached hydrogen (secondary N) is 1. The Labute approximate surface area is 152 Å². The van der Waals surface area contributed by atoms with E-state index in [0.717, 1.165) is 27.3 Å². The topological polar surface area (TPSA) is 49.4 Å². The summed E-state index contributed by atoms with van der Waals surface area (Å²) in [5, 5.41) is 2.97. The molecule has 0 saturated carbocycles. The second-order valence-corrected chi connectivity index (χ2v) is 6.37. The molecule has 1 heterocycles. The van der Waals surface area contributed by atoms with Crippen LogP contribution in [0, 0.1) is 13.8 Å². The van der Waals surface area contributed by atoms with Crippen molar-refractivity contribution in [3.63, 3.8) is 0 Å². The minimum absolute atomic E-state index is 0.0863. The first kappa shape index (κ1) is 17.2. The lowest BCUT2D eigenvalue weighted by Gasteiger charge is -2.18. The largest absolute Gasteiger partial charge is 0.349 e. The Morgan fingerprint density at radius 2 is 1.72 bits per heavy atom. The van der Waals surface area contributed by atoms with Crippen LogP contribution >= 0.6 is 11.6 Å². The maximum atomic E-state index is 12.9. The van der Waals surface area contributed by atoms with Crippen molar-refractivity contribution >= 4 is 34.8 Å². The highest BCUT2D eigenvalue weighted by Crippen LogP contribution is 2.33. The van der Waals surface area contributed by atoms with E-state index in [9.17, 15) is 9.59 Å². The molecule has 128 valence electrons. The Hall–Kier alpha value is -2.59.